The summed E-state index contributed by atoms with van der Waals surface area (Å²) in [7, 11) is 0. The highest BCUT2D eigenvalue weighted by Gasteiger charge is 2.07. The molecule has 0 fully saturated rings. The molecule has 0 saturated heterocycles. The molecule has 7 heteroatoms. The van der Waals surface area contributed by atoms with E-state index in [0.717, 1.165) is 28.6 Å². The fourth-order valence-corrected chi connectivity index (χ4v) is 3.59. The van der Waals surface area contributed by atoms with Crippen molar-refractivity contribution in [2.75, 3.05) is 23.7 Å². The number of hydrogen-bond acceptors (Lipinski definition) is 4. The van der Waals surface area contributed by atoms with Gasteiger partial charge in [-0.05, 0) is 36.3 Å². The topological polar surface area (TPSA) is 81.8 Å². The molecule has 0 aliphatic heterocycles. The predicted molar refractivity (Wildman–Crippen MR) is 132 cm³/mol. The largest absolute Gasteiger partial charge is 0.368 e. The second kappa shape index (κ2) is 9.86. The van der Waals surface area contributed by atoms with E-state index in [4.69, 9.17) is 12.2 Å². The van der Waals surface area contributed by atoms with Gasteiger partial charge in [-0.2, -0.15) is 5.10 Å². The first kappa shape index (κ1) is 20.6. The fraction of sp³-hybridized carbons (Fsp3) is 0.125. The van der Waals surface area contributed by atoms with Crippen LogP contribution in [-0.2, 0) is 0 Å². The van der Waals surface area contributed by atoms with Crippen LogP contribution in [0.15, 0.2) is 83.7 Å². The molecule has 0 unspecified atom stereocenters. The lowest BCUT2D eigenvalue weighted by atomic mass is 10.0. The lowest BCUT2D eigenvalue weighted by Crippen LogP contribution is -2.30. The van der Waals surface area contributed by atoms with Gasteiger partial charge in [-0.3, -0.25) is 4.79 Å². The molecule has 3 aromatic carbocycles. The maximum absolute atomic E-state index is 11.9. The minimum Gasteiger partial charge on any atom is -0.368 e. The van der Waals surface area contributed by atoms with Crippen molar-refractivity contribution in [2.45, 2.75) is 6.42 Å². The van der Waals surface area contributed by atoms with Crippen LogP contribution in [-0.4, -0.2) is 28.4 Å². The van der Waals surface area contributed by atoms with Crippen molar-refractivity contribution in [3.05, 3.63) is 89.2 Å². The monoisotopic (exact) mass is 429 g/mol. The third kappa shape index (κ3) is 5.07. The minimum absolute atomic E-state index is 0.185. The Labute approximate surface area is 185 Å². The Hall–Kier alpha value is -3.71. The Bertz CT molecular complexity index is 1240. The zero-order valence-corrected chi connectivity index (χ0v) is 17.7. The summed E-state index contributed by atoms with van der Waals surface area (Å²) in [6.07, 6.45) is 0.831. The molecule has 1 heterocycles. The van der Waals surface area contributed by atoms with Gasteiger partial charge in [0.2, 0.25) is 0 Å². The van der Waals surface area contributed by atoms with Gasteiger partial charge in [-0.25, -0.2) is 5.10 Å². The fourth-order valence-electron chi connectivity index (χ4n) is 3.37. The van der Waals surface area contributed by atoms with Gasteiger partial charge in [-0.1, -0.05) is 66.7 Å². The third-order valence-corrected chi connectivity index (χ3v) is 5.13. The molecule has 4 rings (SSSR count). The molecule has 0 aliphatic rings. The molecule has 4 N–H and O–H groups in total. The van der Waals surface area contributed by atoms with Crippen molar-refractivity contribution in [3.8, 4) is 11.1 Å². The van der Waals surface area contributed by atoms with Crippen LogP contribution < -0.4 is 21.5 Å². The van der Waals surface area contributed by atoms with Gasteiger partial charge in [0.15, 0.2) is 10.9 Å². The summed E-state index contributed by atoms with van der Waals surface area (Å²) in [5.74, 6) is 0.674. The normalized spacial score (nSPS) is 10.6. The smallest absolute Gasteiger partial charge is 0.272 e. The number of aromatic amines is 1. The molecular formula is C24H23N5OS. The maximum Gasteiger partial charge on any atom is 0.272 e. The first-order valence-electron chi connectivity index (χ1n) is 10.1. The van der Waals surface area contributed by atoms with Crippen molar-refractivity contribution in [2.24, 2.45) is 0 Å². The molecule has 0 amide bonds. The Balaban J connectivity index is 1.29. The van der Waals surface area contributed by atoms with Crippen LogP contribution in [0.25, 0.3) is 21.9 Å². The SMILES string of the molecule is O=c1[nH]nc(NCCCNC(=S)Nc2ccccc2-c2ccccc2)c2ccccc12. The summed E-state index contributed by atoms with van der Waals surface area (Å²) in [5, 5.41) is 18.5. The number of rotatable bonds is 7. The Morgan fingerprint density at radius 1 is 0.871 bits per heavy atom. The molecular weight excluding hydrogens is 406 g/mol. The molecule has 31 heavy (non-hydrogen) atoms. The number of benzene rings is 3. The first-order valence-corrected chi connectivity index (χ1v) is 10.5. The molecule has 0 bridgehead atoms. The van der Waals surface area contributed by atoms with E-state index in [1.165, 1.54) is 0 Å². The van der Waals surface area contributed by atoms with Crippen molar-refractivity contribution in [1.29, 1.82) is 0 Å². The van der Waals surface area contributed by atoms with Crippen LogP contribution in [0.2, 0.25) is 0 Å². The number of thiocarbonyl (C=S) groups is 1. The first-order chi connectivity index (χ1) is 15.2. The summed E-state index contributed by atoms with van der Waals surface area (Å²) in [4.78, 5) is 11.9. The molecule has 1 aromatic heterocycles. The van der Waals surface area contributed by atoms with Crippen molar-refractivity contribution < 1.29 is 0 Å². The summed E-state index contributed by atoms with van der Waals surface area (Å²) in [5.41, 5.74) is 3.02. The van der Waals surface area contributed by atoms with Crippen LogP contribution in [0, 0.1) is 0 Å². The highest BCUT2D eigenvalue weighted by Crippen LogP contribution is 2.27. The Morgan fingerprint density at radius 3 is 2.42 bits per heavy atom. The van der Waals surface area contributed by atoms with E-state index in [1.807, 2.05) is 54.6 Å². The van der Waals surface area contributed by atoms with Crippen molar-refractivity contribution >= 4 is 39.6 Å². The zero-order valence-electron chi connectivity index (χ0n) is 16.9. The van der Waals surface area contributed by atoms with Gasteiger partial charge in [0.25, 0.3) is 5.56 Å². The average Bonchev–Trinajstić information content (AvgIpc) is 2.81. The summed E-state index contributed by atoms with van der Waals surface area (Å²) >= 11 is 5.47. The number of H-pyrrole nitrogens is 1. The maximum atomic E-state index is 11.9. The molecule has 0 aliphatic carbocycles. The minimum atomic E-state index is -0.185. The summed E-state index contributed by atoms with van der Waals surface area (Å²) in [6, 6.07) is 25.7. The van der Waals surface area contributed by atoms with Crippen LogP contribution in [0.4, 0.5) is 11.5 Å². The molecule has 0 atom stereocenters. The summed E-state index contributed by atoms with van der Waals surface area (Å²) < 4.78 is 0. The molecule has 6 nitrogen and oxygen atoms in total. The number of nitrogens with one attached hydrogen (secondary N) is 4. The lowest BCUT2D eigenvalue weighted by Gasteiger charge is -2.14. The van der Waals surface area contributed by atoms with Crippen molar-refractivity contribution in [3.63, 3.8) is 0 Å². The predicted octanol–water partition coefficient (Wildman–Crippen LogP) is 4.38. The molecule has 0 saturated carbocycles. The molecule has 0 radical (unpaired) electrons. The summed E-state index contributed by atoms with van der Waals surface area (Å²) in [6.45, 7) is 1.40. The highest BCUT2D eigenvalue weighted by molar-refractivity contribution is 7.80. The van der Waals surface area contributed by atoms with Crippen LogP contribution >= 0.6 is 12.2 Å². The number of hydrogen-bond donors (Lipinski definition) is 4. The van der Waals surface area contributed by atoms with Gasteiger partial charge >= 0.3 is 0 Å². The van der Waals surface area contributed by atoms with Crippen LogP contribution in [0.3, 0.4) is 0 Å². The number of anilines is 2. The number of aromatic nitrogens is 2. The van der Waals surface area contributed by atoms with E-state index < -0.39 is 0 Å². The zero-order chi connectivity index (χ0) is 21.5. The highest BCUT2D eigenvalue weighted by atomic mass is 32.1. The Kier molecular flexibility index (Phi) is 6.54. The third-order valence-electron chi connectivity index (χ3n) is 4.89. The second-order valence-electron chi connectivity index (χ2n) is 7.02. The van der Waals surface area contributed by atoms with Gasteiger partial charge < -0.3 is 16.0 Å². The van der Waals surface area contributed by atoms with E-state index in [-0.39, 0.29) is 5.56 Å². The molecule has 4 aromatic rings. The van der Waals surface area contributed by atoms with Gasteiger partial charge in [0.1, 0.15) is 0 Å². The van der Waals surface area contributed by atoms with E-state index in [1.54, 1.807) is 6.07 Å². The lowest BCUT2D eigenvalue weighted by molar-refractivity contribution is 0.805. The molecule has 0 spiro atoms. The second-order valence-corrected chi connectivity index (χ2v) is 7.43. The van der Waals surface area contributed by atoms with Gasteiger partial charge in [-0.15, -0.1) is 0 Å². The van der Waals surface area contributed by atoms with Crippen LogP contribution in [0.1, 0.15) is 6.42 Å². The van der Waals surface area contributed by atoms with E-state index >= 15 is 0 Å². The Morgan fingerprint density at radius 2 is 1.58 bits per heavy atom. The van der Waals surface area contributed by atoms with E-state index in [9.17, 15) is 4.79 Å². The van der Waals surface area contributed by atoms with Crippen molar-refractivity contribution in [1.82, 2.24) is 15.5 Å². The van der Waals surface area contributed by atoms with Gasteiger partial charge in [0.05, 0.1) is 5.39 Å². The number of fused-ring (bicyclic) bond motifs is 1. The quantitative estimate of drug-likeness (QED) is 0.258. The number of para-hydroxylation sites is 1. The van der Waals surface area contributed by atoms with E-state index in [2.05, 4.69) is 44.3 Å². The average molecular weight is 430 g/mol. The standard InChI is InChI=1S/C24H23N5OS/c30-23-20-13-5-4-12-19(20)22(28-29-23)25-15-8-16-26-24(31)27-21-14-7-6-11-18(21)17-9-2-1-3-10-17/h1-7,9-14H,8,15-16H2,(H,25,28)(H,29,30)(H2,26,27,31). The molecule has 156 valence electrons. The van der Waals surface area contributed by atoms with Gasteiger partial charge in [0, 0.05) is 29.7 Å². The number of nitrogens with zero attached hydrogens (tertiary/aromatic N) is 1. The van der Waals surface area contributed by atoms with E-state index in [0.29, 0.717) is 29.4 Å². The van der Waals surface area contributed by atoms with Crippen LogP contribution in [0.5, 0.6) is 0 Å².